The molecule has 5 heteroatoms. The van der Waals surface area contributed by atoms with Gasteiger partial charge in [-0.1, -0.05) is 47.5 Å². The van der Waals surface area contributed by atoms with Gasteiger partial charge in [0.05, 0.1) is 17.3 Å². The van der Waals surface area contributed by atoms with Gasteiger partial charge in [-0.05, 0) is 37.1 Å². The molecule has 1 N–H and O–H groups in total. The molecule has 2 aromatic rings. The Morgan fingerprint density at radius 2 is 1.73 bits per heavy atom. The molecular weight excluding hydrogens is 346 g/mol. The normalized spacial score (nSPS) is 15.8. The number of benzene rings is 2. The summed E-state index contributed by atoms with van der Waals surface area (Å²) in [5.74, 6) is -0.0129. The number of carbonyl (C=O) groups excluding carboxylic acids is 1. The van der Waals surface area contributed by atoms with E-state index in [1.165, 1.54) is 16.7 Å². The molecule has 0 aliphatic carbocycles. The van der Waals surface area contributed by atoms with E-state index in [2.05, 4.69) is 47.2 Å². The van der Waals surface area contributed by atoms with Gasteiger partial charge in [-0.2, -0.15) is 0 Å². The SMILES string of the molecule is Cc1ccc(C)c(CN2CCN(CC(=O)Nc3ccccc3Cl)CC2)c1. The number of halogens is 1. The zero-order valence-electron chi connectivity index (χ0n) is 15.5. The van der Waals surface area contributed by atoms with Crippen LogP contribution in [0.1, 0.15) is 16.7 Å². The minimum atomic E-state index is -0.0129. The molecular formula is C21H26ClN3O. The zero-order chi connectivity index (χ0) is 18.5. The Morgan fingerprint density at radius 3 is 2.46 bits per heavy atom. The number of para-hydroxylation sites is 1. The van der Waals surface area contributed by atoms with Crippen LogP contribution in [0, 0.1) is 13.8 Å². The monoisotopic (exact) mass is 371 g/mol. The van der Waals surface area contributed by atoms with Crippen LogP contribution in [0.4, 0.5) is 5.69 Å². The summed E-state index contributed by atoms with van der Waals surface area (Å²) >= 11 is 6.10. The van der Waals surface area contributed by atoms with E-state index in [0.717, 1.165) is 32.7 Å². The Labute approximate surface area is 160 Å². The highest BCUT2D eigenvalue weighted by Gasteiger charge is 2.19. The Balaban J connectivity index is 1.47. The lowest BCUT2D eigenvalue weighted by molar-refractivity contribution is -0.117. The number of amides is 1. The first-order chi connectivity index (χ1) is 12.5. The quantitative estimate of drug-likeness (QED) is 0.870. The first kappa shape index (κ1) is 18.9. The molecule has 1 fully saturated rings. The van der Waals surface area contributed by atoms with Crippen LogP contribution in [0.5, 0.6) is 0 Å². The fourth-order valence-corrected chi connectivity index (χ4v) is 3.46. The maximum atomic E-state index is 12.3. The number of hydrogen-bond acceptors (Lipinski definition) is 3. The standard InChI is InChI=1S/C21H26ClN3O/c1-16-7-8-17(2)18(13-16)14-24-9-11-25(12-10-24)15-21(26)23-20-6-4-3-5-19(20)22/h3-8,13H,9-12,14-15H2,1-2H3,(H,23,26). The van der Waals surface area contributed by atoms with Gasteiger partial charge < -0.3 is 5.32 Å². The Kier molecular flexibility index (Phi) is 6.30. The molecule has 2 aromatic carbocycles. The van der Waals surface area contributed by atoms with Crippen molar-refractivity contribution in [1.29, 1.82) is 0 Å². The molecule has 1 saturated heterocycles. The van der Waals surface area contributed by atoms with Gasteiger partial charge in [0.25, 0.3) is 0 Å². The van der Waals surface area contributed by atoms with Crippen LogP contribution in [0.3, 0.4) is 0 Å². The second-order valence-corrected chi connectivity index (χ2v) is 7.42. The number of rotatable bonds is 5. The average molecular weight is 372 g/mol. The van der Waals surface area contributed by atoms with Gasteiger partial charge >= 0.3 is 0 Å². The van der Waals surface area contributed by atoms with E-state index in [9.17, 15) is 4.79 Å². The number of nitrogens with zero attached hydrogens (tertiary/aromatic N) is 2. The summed E-state index contributed by atoms with van der Waals surface area (Å²) in [5, 5.41) is 3.46. The number of nitrogens with one attached hydrogen (secondary N) is 1. The van der Waals surface area contributed by atoms with Crippen LogP contribution in [0.15, 0.2) is 42.5 Å². The van der Waals surface area contributed by atoms with Gasteiger partial charge in [-0.3, -0.25) is 14.6 Å². The fraction of sp³-hybridized carbons (Fsp3) is 0.381. The lowest BCUT2D eigenvalue weighted by atomic mass is 10.0. The highest BCUT2D eigenvalue weighted by atomic mass is 35.5. The molecule has 0 atom stereocenters. The van der Waals surface area contributed by atoms with E-state index in [0.29, 0.717) is 17.3 Å². The van der Waals surface area contributed by atoms with Gasteiger partial charge in [0.15, 0.2) is 0 Å². The topological polar surface area (TPSA) is 35.6 Å². The molecule has 138 valence electrons. The summed E-state index contributed by atoms with van der Waals surface area (Å²) in [6.07, 6.45) is 0. The summed E-state index contributed by atoms with van der Waals surface area (Å²) < 4.78 is 0. The third kappa shape index (κ3) is 5.07. The maximum Gasteiger partial charge on any atom is 0.238 e. The van der Waals surface area contributed by atoms with Gasteiger partial charge in [-0.15, -0.1) is 0 Å². The molecule has 0 spiro atoms. The zero-order valence-corrected chi connectivity index (χ0v) is 16.2. The van der Waals surface area contributed by atoms with Crippen LogP contribution in [-0.2, 0) is 11.3 Å². The summed E-state index contributed by atoms with van der Waals surface area (Å²) in [5.41, 5.74) is 4.72. The van der Waals surface area contributed by atoms with Crippen molar-refractivity contribution in [2.24, 2.45) is 0 Å². The van der Waals surface area contributed by atoms with Crippen molar-refractivity contribution in [1.82, 2.24) is 9.80 Å². The first-order valence-electron chi connectivity index (χ1n) is 9.06. The predicted octanol–water partition coefficient (Wildman–Crippen LogP) is 3.71. The van der Waals surface area contributed by atoms with Gasteiger partial charge in [0.2, 0.25) is 5.91 Å². The van der Waals surface area contributed by atoms with Crippen LogP contribution < -0.4 is 5.32 Å². The van der Waals surface area contributed by atoms with E-state index in [4.69, 9.17) is 11.6 Å². The molecule has 0 saturated carbocycles. The third-order valence-corrected chi connectivity index (χ3v) is 5.21. The Bertz CT molecular complexity index is 770. The van der Waals surface area contributed by atoms with Gasteiger partial charge in [0.1, 0.15) is 0 Å². The van der Waals surface area contributed by atoms with E-state index in [1.807, 2.05) is 18.2 Å². The van der Waals surface area contributed by atoms with Crippen molar-refractivity contribution >= 4 is 23.2 Å². The number of hydrogen-bond donors (Lipinski definition) is 1. The van der Waals surface area contributed by atoms with Crippen molar-refractivity contribution in [3.05, 3.63) is 64.2 Å². The number of anilines is 1. The molecule has 3 rings (SSSR count). The minimum absolute atomic E-state index is 0.0129. The summed E-state index contributed by atoms with van der Waals surface area (Å²) in [4.78, 5) is 16.9. The van der Waals surface area contributed by atoms with E-state index < -0.39 is 0 Å². The Hall–Kier alpha value is -1.88. The second-order valence-electron chi connectivity index (χ2n) is 7.01. The third-order valence-electron chi connectivity index (χ3n) is 4.88. The van der Waals surface area contributed by atoms with Crippen LogP contribution in [0.25, 0.3) is 0 Å². The molecule has 1 aliphatic heterocycles. The summed E-state index contributed by atoms with van der Waals surface area (Å²) in [6, 6.07) is 14.0. The molecule has 1 heterocycles. The largest absolute Gasteiger partial charge is 0.324 e. The van der Waals surface area contributed by atoms with E-state index in [1.54, 1.807) is 6.07 Å². The second kappa shape index (κ2) is 8.67. The van der Waals surface area contributed by atoms with Gasteiger partial charge in [-0.25, -0.2) is 0 Å². The van der Waals surface area contributed by atoms with Gasteiger partial charge in [0, 0.05) is 32.7 Å². The van der Waals surface area contributed by atoms with Crippen LogP contribution in [0.2, 0.25) is 5.02 Å². The van der Waals surface area contributed by atoms with E-state index in [-0.39, 0.29) is 5.91 Å². The van der Waals surface area contributed by atoms with Crippen molar-refractivity contribution in [2.45, 2.75) is 20.4 Å². The van der Waals surface area contributed by atoms with Crippen molar-refractivity contribution in [3.63, 3.8) is 0 Å². The smallest absolute Gasteiger partial charge is 0.238 e. The predicted molar refractivity (Wildman–Crippen MR) is 108 cm³/mol. The molecule has 0 bridgehead atoms. The fourth-order valence-electron chi connectivity index (χ4n) is 3.27. The lowest BCUT2D eigenvalue weighted by Crippen LogP contribution is -2.48. The number of aryl methyl sites for hydroxylation is 2. The van der Waals surface area contributed by atoms with Crippen molar-refractivity contribution in [3.8, 4) is 0 Å². The van der Waals surface area contributed by atoms with Crippen molar-refractivity contribution < 1.29 is 4.79 Å². The van der Waals surface area contributed by atoms with E-state index >= 15 is 0 Å². The minimum Gasteiger partial charge on any atom is -0.324 e. The molecule has 0 aromatic heterocycles. The van der Waals surface area contributed by atoms with Crippen LogP contribution >= 0.6 is 11.6 Å². The molecule has 4 nitrogen and oxygen atoms in total. The first-order valence-corrected chi connectivity index (χ1v) is 9.44. The molecule has 26 heavy (non-hydrogen) atoms. The lowest BCUT2D eigenvalue weighted by Gasteiger charge is -2.34. The van der Waals surface area contributed by atoms with Crippen molar-refractivity contribution in [2.75, 3.05) is 38.0 Å². The highest BCUT2D eigenvalue weighted by molar-refractivity contribution is 6.33. The van der Waals surface area contributed by atoms with Crippen LogP contribution in [-0.4, -0.2) is 48.4 Å². The maximum absolute atomic E-state index is 12.3. The summed E-state index contributed by atoms with van der Waals surface area (Å²) in [6.45, 7) is 9.46. The average Bonchev–Trinajstić information content (AvgIpc) is 2.62. The molecule has 0 radical (unpaired) electrons. The number of piperazine rings is 1. The molecule has 1 aliphatic rings. The molecule has 0 unspecified atom stereocenters. The molecule has 1 amide bonds. The highest BCUT2D eigenvalue weighted by Crippen LogP contribution is 2.20. The number of carbonyl (C=O) groups is 1. The summed E-state index contributed by atoms with van der Waals surface area (Å²) in [7, 11) is 0. The Morgan fingerprint density at radius 1 is 1.04 bits per heavy atom.